The number of nitrogens with zero attached hydrogens (tertiary/aromatic N) is 1. The maximum atomic E-state index is 12.2. The lowest BCUT2D eigenvalue weighted by atomic mass is 9.90. The number of nitrogens with one attached hydrogen (secondary N) is 1. The number of hydrogen-bond acceptors (Lipinski definition) is 2. The van der Waals surface area contributed by atoms with Crippen LogP contribution in [0.2, 0.25) is 0 Å². The molecule has 2 amide bonds. The zero-order valence-electron chi connectivity index (χ0n) is 12.9. The van der Waals surface area contributed by atoms with Crippen LogP contribution in [0.4, 0.5) is 4.79 Å². The van der Waals surface area contributed by atoms with Crippen LogP contribution in [0.25, 0.3) is 0 Å². The molecule has 0 aromatic carbocycles. The summed E-state index contributed by atoms with van der Waals surface area (Å²) in [5.74, 6) is -0.816. The molecule has 1 aliphatic rings. The number of amides is 2. The van der Waals surface area contributed by atoms with Gasteiger partial charge in [-0.3, -0.25) is 4.79 Å². The fraction of sp³-hybridized carbons (Fsp3) is 0.867. The Hall–Kier alpha value is -1.26. The second kappa shape index (κ2) is 7.50. The second-order valence-electron chi connectivity index (χ2n) is 6.11. The molecule has 0 aromatic heterocycles. The van der Waals surface area contributed by atoms with E-state index in [9.17, 15) is 14.7 Å². The number of carbonyl (C=O) groups is 2. The number of carboxylic acid groups (broad SMARTS) is 1. The first-order valence-corrected chi connectivity index (χ1v) is 7.71. The minimum absolute atomic E-state index is 0.107. The summed E-state index contributed by atoms with van der Waals surface area (Å²) in [6, 6.07) is 0.105. The van der Waals surface area contributed by atoms with Crippen molar-refractivity contribution in [1.82, 2.24) is 10.2 Å². The highest BCUT2D eigenvalue weighted by atomic mass is 16.4. The van der Waals surface area contributed by atoms with Crippen molar-refractivity contribution in [3.8, 4) is 0 Å². The highest BCUT2D eigenvalue weighted by Crippen LogP contribution is 2.30. The Bertz CT molecular complexity index is 346. The maximum Gasteiger partial charge on any atom is 0.317 e. The van der Waals surface area contributed by atoms with Crippen LogP contribution < -0.4 is 5.32 Å². The summed E-state index contributed by atoms with van der Waals surface area (Å²) in [5, 5.41) is 12.3. The van der Waals surface area contributed by atoms with Crippen molar-refractivity contribution < 1.29 is 14.7 Å². The molecule has 1 heterocycles. The predicted molar refractivity (Wildman–Crippen MR) is 78.7 cm³/mol. The van der Waals surface area contributed by atoms with E-state index in [0.717, 1.165) is 32.1 Å². The maximum absolute atomic E-state index is 12.2. The lowest BCUT2D eigenvalue weighted by Gasteiger charge is -2.24. The van der Waals surface area contributed by atoms with Crippen molar-refractivity contribution >= 4 is 12.0 Å². The molecule has 5 nitrogen and oxygen atoms in total. The third-order valence-corrected chi connectivity index (χ3v) is 4.15. The van der Waals surface area contributed by atoms with E-state index in [1.165, 1.54) is 0 Å². The van der Waals surface area contributed by atoms with Gasteiger partial charge in [-0.15, -0.1) is 0 Å². The average molecular weight is 284 g/mol. The van der Waals surface area contributed by atoms with Crippen LogP contribution in [0, 0.1) is 5.41 Å². The molecule has 0 radical (unpaired) electrons. The van der Waals surface area contributed by atoms with Crippen LogP contribution in [0.3, 0.4) is 0 Å². The summed E-state index contributed by atoms with van der Waals surface area (Å²) in [6.07, 6.45) is 5.79. The molecule has 1 fully saturated rings. The van der Waals surface area contributed by atoms with E-state index >= 15 is 0 Å². The predicted octanol–water partition coefficient (Wildman–Crippen LogP) is 2.85. The van der Waals surface area contributed by atoms with Crippen LogP contribution >= 0.6 is 0 Å². The van der Waals surface area contributed by atoms with Crippen LogP contribution in [0.1, 0.15) is 59.3 Å². The van der Waals surface area contributed by atoms with Crippen molar-refractivity contribution in [1.29, 1.82) is 0 Å². The minimum atomic E-state index is -0.816. The standard InChI is InChI=1S/C15H28N2O3/c1-4-6-8-12(7-5-2)16-14(20)17-10-9-15(3,11-17)13(18)19/h12H,4-11H2,1-3H3,(H,16,20)(H,18,19). The van der Waals surface area contributed by atoms with Gasteiger partial charge in [-0.2, -0.15) is 0 Å². The molecule has 0 aliphatic carbocycles. The van der Waals surface area contributed by atoms with Crippen LogP contribution in [0.5, 0.6) is 0 Å². The molecule has 2 atom stereocenters. The second-order valence-corrected chi connectivity index (χ2v) is 6.11. The smallest absolute Gasteiger partial charge is 0.317 e. The summed E-state index contributed by atoms with van der Waals surface area (Å²) in [6.45, 7) is 6.80. The van der Waals surface area contributed by atoms with Gasteiger partial charge in [-0.05, 0) is 26.2 Å². The van der Waals surface area contributed by atoms with Crippen molar-refractivity contribution in [2.24, 2.45) is 5.41 Å². The molecule has 2 N–H and O–H groups in total. The molecule has 5 heteroatoms. The first kappa shape index (κ1) is 16.8. The van der Waals surface area contributed by atoms with Gasteiger partial charge in [0.25, 0.3) is 0 Å². The van der Waals surface area contributed by atoms with Gasteiger partial charge in [-0.1, -0.05) is 33.1 Å². The van der Waals surface area contributed by atoms with E-state index in [4.69, 9.17) is 0 Å². The minimum Gasteiger partial charge on any atom is -0.481 e. The molecule has 1 saturated heterocycles. The molecule has 1 rings (SSSR count). The molecular weight excluding hydrogens is 256 g/mol. The van der Waals surface area contributed by atoms with Crippen LogP contribution in [-0.4, -0.2) is 41.1 Å². The average Bonchev–Trinajstić information content (AvgIpc) is 2.80. The van der Waals surface area contributed by atoms with Gasteiger partial charge in [0.1, 0.15) is 0 Å². The fourth-order valence-electron chi connectivity index (χ4n) is 2.66. The Morgan fingerprint density at radius 3 is 2.50 bits per heavy atom. The quantitative estimate of drug-likeness (QED) is 0.755. The third kappa shape index (κ3) is 4.39. The summed E-state index contributed by atoms with van der Waals surface area (Å²) >= 11 is 0. The Morgan fingerprint density at radius 2 is 2.00 bits per heavy atom. The van der Waals surface area contributed by atoms with E-state index < -0.39 is 11.4 Å². The highest BCUT2D eigenvalue weighted by molar-refractivity contribution is 5.79. The lowest BCUT2D eigenvalue weighted by Crippen LogP contribution is -2.45. The number of unbranched alkanes of at least 4 members (excludes halogenated alkanes) is 1. The normalized spacial score (nSPS) is 23.6. The van der Waals surface area contributed by atoms with Crippen LogP contribution in [-0.2, 0) is 4.79 Å². The van der Waals surface area contributed by atoms with Crippen molar-refractivity contribution in [2.75, 3.05) is 13.1 Å². The highest BCUT2D eigenvalue weighted by Gasteiger charge is 2.42. The number of aliphatic carboxylic acids is 1. The molecule has 116 valence electrons. The van der Waals surface area contributed by atoms with Crippen molar-refractivity contribution in [3.05, 3.63) is 0 Å². The van der Waals surface area contributed by atoms with Gasteiger partial charge in [0.2, 0.25) is 0 Å². The van der Waals surface area contributed by atoms with Gasteiger partial charge < -0.3 is 15.3 Å². The monoisotopic (exact) mass is 284 g/mol. The Balaban J connectivity index is 2.51. The number of carboxylic acids is 1. The van der Waals surface area contributed by atoms with E-state index in [-0.39, 0.29) is 12.1 Å². The summed E-state index contributed by atoms with van der Waals surface area (Å²) in [4.78, 5) is 25.1. The van der Waals surface area contributed by atoms with Crippen molar-refractivity contribution in [2.45, 2.75) is 65.3 Å². The van der Waals surface area contributed by atoms with Gasteiger partial charge in [0, 0.05) is 19.1 Å². The van der Waals surface area contributed by atoms with Gasteiger partial charge in [-0.25, -0.2) is 4.79 Å². The lowest BCUT2D eigenvalue weighted by molar-refractivity contribution is -0.146. The molecule has 0 spiro atoms. The van der Waals surface area contributed by atoms with Gasteiger partial charge in [0.05, 0.1) is 5.41 Å². The molecule has 20 heavy (non-hydrogen) atoms. The summed E-state index contributed by atoms with van der Waals surface area (Å²) in [7, 11) is 0. The SMILES string of the molecule is CCCCC(CCC)NC(=O)N1CCC(C)(C(=O)O)C1. The molecule has 0 saturated carbocycles. The van der Waals surface area contributed by atoms with Gasteiger partial charge in [0.15, 0.2) is 0 Å². The Kier molecular flexibility index (Phi) is 6.30. The molecular formula is C15H28N2O3. The summed E-state index contributed by atoms with van der Waals surface area (Å²) < 4.78 is 0. The Morgan fingerprint density at radius 1 is 1.30 bits per heavy atom. The number of urea groups is 1. The van der Waals surface area contributed by atoms with E-state index in [1.54, 1.807) is 11.8 Å². The summed E-state index contributed by atoms with van der Waals surface area (Å²) in [5.41, 5.74) is -0.791. The topological polar surface area (TPSA) is 69.6 Å². The third-order valence-electron chi connectivity index (χ3n) is 4.15. The number of likely N-dealkylation sites (tertiary alicyclic amines) is 1. The molecule has 1 aliphatic heterocycles. The van der Waals surface area contributed by atoms with E-state index in [0.29, 0.717) is 19.5 Å². The van der Waals surface area contributed by atoms with Gasteiger partial charge >= 0.3 is 12.0 Å². The number of rotatable bonds is 7. The largest absolute Gasteiger partial charge is 0.481 e. The zero-order valence-corrected chi connectivity index (χ0v) is 12.9. The Labute approximate surface area is 121 Å². The van der Waals surface area contributed by atoms with E-state index in [1.807, 2.05) is 0 Å². The number of carbonyl (C=O) groups excluding carboxylic acids is 1. The molecule has 0 bridgehead atoms. The first-order valence-electron chi connectivity index (χ1n) is 7.71. The number of hydrogen-bond donors (Lipinski definition) is 2. The van der Waals surface area contributed by atoms with E-state index in [2.05, 4.69) is 19.2 Å². The first-order chi connectivity index (χ1) is 9.42. The zero-order chi connectivity index (χ0) is 15.2. The fourth-order valence-corrected chi connectivity index (χ4v) is 2.66. The molecule has 2 unspecified atom stereocenters. The van der Waals surface area contributed by atoms with Crippen LogP contribution in [0.15, 0.2) is 0 Å². The van der Waals surface area contributed by atoms with Crippen molar-refractivity contribution in [3.63, 3.8) is 0 Å². The molecule has 0 aromatic rings.